The summed E-state index contributed by atoms with van der Waals surface area (Å²) in [5.41, 5.74) is 14.5. The minimum absolute atomic E-state index is 0.0430. The van der Waals surface area contributed by atoms with Crippen molar-refractivity contribution in [3.05, 3.63) is 65.5 Å². The Labute approximate surface area is 150 Å². The van der Waals surface area contributed by atoms with Crippen LogP contribution in [0.3, 0.4) is 0 Å². The predicted octanol–water partition coefficient (Wildman–Crippen LogP) is 1.89. The second kappa shape index (κ2) is 7.32. The van der Waals surface area contributed by atoms with Crippen LogP contribution in [-0.2, 0) is 4.74 Å². The Bertz CT molecular complexity index is 1010. The summed E-state index contributed by atoms with van der Waals surface area (Å²) in [5.74, 6) is 5.77. The van der Waals surface area contributed by atoms with E-state index in [1.54, 1.807) is 42.7 Å². The Morgan fingerprint density at radius 1 is 1.08 bits per heavy atom. The number of nitrogen functional groups attached to an aromatic ring is 2. The first-order valence-electron chi connectivity index (χ1n) is 7.62. The average Bonchev–Trinajstić information content (AvgIpc) is 2.67. The van der Waals surface area contributed by atoms with Crippen LogP contribution in [0.15, 0.2) is 48.8 Å². The van der Waals surface area contributed by atoms with Gasteiger partial charge in [-0.25, -0.2) is 9.78 Å². The first-order chi connectivity index (χ1) is 12.6. The number of hydrogen-bond acceptors (Lipinski definition) is 7. The third-order valence-corrected chi connectivity index (χ3v) is 3.53. The van der Waals surface area contributed by atoms with Gasteiger partial charge in [0.15, 0.2) is 0 Å². The molecule has 0 bridgehead atoms. The highest BCUT2D eigenvalue weighted by Gasteiger charge is 2.13. The quantitative estimate of drug-likeness (QED) is 0.538. The van der Waals surface area contributed by atoms with Gasteiger partial charge >= 0.3 is 5.97 Å². The Morgan fingerprint density at radius 3 is 2.50 bits per heavy atom. The summed E-state index contributed by atoms with van der Waals surface area (Å²) in [5, 5.41) is 0. The van der Waals surface area contributed by atoms with Crippen molar-refractivity contribution in [1.82, 2.24) is 15.0 Å². The van der Waals surface area contributed by atoms with Gasteiger partial charge < -0.3 is 16.2 Å². The summed E-state index contributed by atoms with van der Waals surface area (Å²) in [6, 6.07) is 10.3. The molecule has 0 aliphatic rings. The van der Waals surface area contributed by atoms with Gasteiger partial charge in [-0.2, -0.15) is 4.98 Å². The number of methoxy groups -OCH3 is 1. The lowest BCUT2D eigenvalue weighted by atomic mass is 10.0. The fraction of sp³-hybridized carbons (Fsp3) is 0.0526. The lowest BCUT2D eigenvalue weighted by molar-refractivity contribution is 0.0601. The molecule has 4 N–H and O–H groups in total. The maximum atomic E-state index is 11.6. The third kappa shape index (κ3) is 3.60. The summed E-state index contributed by atoms with van der Waals surface area (Å²) >= 11 is 0. The molecule has 0 radical (unpaired) electrons. The van der Waals surface area contributed by atoms with Crippen molar-refractivity contribution < 1.29 is 9.53 Å². The number of pyridine rings is 1. The summed E-state index contributed by atoms with van der Waals surface area (Å²) in [4.78, 5) is 23.8. The maximum absolute atomic E-state index is 11.6. The Morgan fingerprint density at radius 2 is 1.85 bits per heavy atom. The van der Waals surface area contributed by atoms with E-state index in [0.29, 0.717) is 22.4 Å². The molecular weight excluding hydrogens is 330 g/mol. The van der Waals surface area contributed by atoms with Crippen molar-refractivity contribution in [2.75, 3.05) is 18.6 Å². The zero-order valence-corrected chi connectivity index (χ0v) is 13.9. The molecule has 128 valence electrons. The molecule has 2 aromatic heterocycles. The number of nitrogens with two attached hydrogens (primary N) is 2. The number of ether oxygens (including phenoxy) is 1. The van der Waals surface area contributed by atoms with Crippen LogP contribution in [0, 0.1) is 11.8 Å². The molecule has 0 spiro atoms. The summed E-state index contributed by atoms with van der Waals surface area (Å²) in [7, 11) is 1.33. The average molecular weight is 345 g/mol. The largest absolute Gasteiger partial charge is 0.465 e. The molecule has 0 saturated carbocycles. The minimum Gasteiger partial charge on any atom is -0.465 e. The number of carbonyl (C=O) groups excluding carboxylic acids is 1. The van der Waals surface area contributed by atoms with Crippen LogP contribution in [0.4, 0.5) is 11.8 Å². The van der Waals surface area contributed by atoms with E-state index < -0.39 is 5.97 Å². The Kier molecular flexibility index (Phi) is 4.76. The van der Waals surface area contributed by atoms with Crippen LogP contribution in [0.1, 0.15) is 21.5 Å². The van der Waals surface area contributed by atoms with E-state index in [-0.39, 0.29) is 11.8 Å². The zero-order valence-electron chi connectivity index (χ0n) is 13.9. The van der Waals surface area contributed by atoms with Crippen LogP contribution in [-0.4, -0.2) is 28.0 Å². The van der Waals surface area contributed by atoms with Crippen molar-refractivity contribution in [1.29, 1.82) is 0 Å². The van der Waals surface area contributed by atoms with Crippen molar-refractivity contribution in [2.45, 2.75) is 0 Å². The lowest BCUT2D eigenvalue weighted by Crippen LogP contribution is -2.05. The molecule has 0 saturated heterocycles. The highest BCUT2D eigenvalue weighted by molar-refractivity contribution is 5.90. The number of rotatable bonds is 2. The molecule has 7 nitrogen and oxygen atoms in total. The molecule has 0 fully saturated rings. The van der Waals surface area contributed by atoms with Gasteiger partial charge in [0.05, 0.1) is 23.9 Å². The molecule has 2 heterocycles. The van der Waals surface area contributed by atoms with Crippen molar-refractivity contribution in [3.8, 4) is 23.1 Å². The lowest BCUT2D eigenvalue weighted by Gasteiger charge is -2.08. The zero-order chi connectivity index (χ0) is 18.5. The molecule has 0 aliphatic heterocycles. The first-order valence-corrected chi connectivity index (χ1v) is 7.62. The van der Waals surface area contributed by atoms with E-state index >= 15 is 0 Å². The summed E-state index contributed by atoms with van der Waals surface area (Å²) in [6.45, 7) is 0. The van der Waals surface area contributed by atoms with Gasteiger partial charge in [0.2, 0.25) is 5.95 Å². The van der Waals surface area contributed by atoms with E-state index in [0.717, 1.165) is 5.56 Å². The number of anilines is 2. The third-order valence-electron chi connectivity index (χ3n) is 3.53. The highest BCUT2D eigenvalue weighted by Crippen LogP contribution is 2.25. The Balaban J connectivity index is 2.07. The van der Waals surface area contributed by atoms with Gasteiger partial charge in [0, 0.05) is 23.5 Å². The normalized spacial score (nSPS) is 9.88. The SMILES string of the molecule is COC(=O)c1ccc(-c2nc(N)nc(N)c2C#Cc2cccnc2)cc1. The first kappa shape index (κ1) is 16.9. The van der Waals surface area contributed by atoms with E-state index in [9.17, 15) is 4.79 Å². The molecule has 0 atom stereocenters. The molecule has 0 unspecified atom stereocenters. The Hall–Kier alpha value is -3.92. The van der Waals surface area contributed by atoms with Gasteiger partial charge in [-0.05, 0) is 24.3 Å². The van der Waals surface area contributed by atoms with Crippen molar-refractivity contribution in [2.24, 2.45) is 0 Å². The van der Waals surface area contributed by atoms with Gasteiger partial charge in [0.1, 0.15) is 5.82 Å². The second-order valence-electron chi connectivity index (χ2n) is 5.25. The minimum atomic E-state index is -0.421. The monoisotopic (exact) mass is 345 g/mol. The fourth-order valence-electron chi connectivity index (χ4n) is 2.28. The molecule has 3 rings (SSSR count). The topological polar surface area (TPSA) is 117 Å². The fourth-order valence-corrected chi connectivity index (χ4v) is 2.28. The van der Waals surface area contributed by atoms with E-state index in [1.165, 1.54) is 7.11 Å². The van der Waals surface area contributed by atoms with Crippen molar-refractivity contribution >= 4 is 17.7 Å². The number of esters is 1. The van der Waals surface area contributed by atoms with Crippen molar-refractivity contribution in [3.63, 3.8) is 0 Å². The molecule has 7 heteroatoms. The van der Waals surface area contributed by atoms with Gasteiger partial charge in [-0.3, -0.25) is 4.98 Å². The number of carbonyl (C=O) groups is 1. The van der Waals surface area contributed by atoms with E-state index in [4.69, 9.17) is 16.2 Å². The number of nitrogens with zero attached hydrogens (tertiary/aromatic N) is 3. The van der Waals surface area contributed by atoms with Crippen LogP contribution in [0.2, 0.25) is 0 Å². The van der Waals surface area contributed by atoms with Crippen LogP contribution < -0.4 is 11.5 Å². The van der Waals surface area contributed by atoms with Crippen LogP contribution in [0.5, 0.6) is 0 Å². The molecule has 0 aliphatic carbocycles. The molecular formula is C19H15N5O2. The highest BCUT2D eigenvalue weighted by atomic mass is 16.5. The predicted molar refractivity (Wildman–Crippen MR) is 97.8 cm³/mol. The van der Waals surface area contributed by atoms with Gasteiger partial charge in [-0.15, -0.1) is 0 Å². The molecule has 0 amide bonds. The number of benzene rings is 1. The van der Waals surface area contributed by atoms with Crippen LogP contribution in [0.25, 0.3) is 11.3 Å². The van der Waals surface area contributed by atoms with E-state index in [2.05, 4.69) is 26.8 Å². The summed E-state index contributed by atoms with van der Waals surface area (Å²) in [6.07, 6.45) is 3.31. The van der Waals surface area contributed by atoms with E-state index in [1.807, 2.05) is 6.07 Å². The van der Waals surface area contributed by atoms with Crippen LogP contribution >= 0.6 is 0 Å². The molecule has 3 aromatic rings. The molecule has 1 aromatic carbocycles. The standard InChI is InChI=1S/C19H15N5O2/c1-26-18(25)14-7-5-13(6-8-14)16-15(17(20)24-19(21)23-16)9-4-12-3-2-10-22-11-12/h2-3,5-8,10-11H,1H3,(H4,20,21,23,24). The smallest absolute Gasteiger partial charge is 0.337 e. The van der Waals surface area contributed by atoms with Gasteiger partial charge in [0.25, 0.3) is 0 Å². The van der Waals surface area contributed by atoms with Gasteiger partial charge in [-0.1, -0.05) is 24.0 Å². The second-order valence-corrected chi connectivity index (χ2v) is 5.25. The maximum Gasteiger partial charge on any atom is 0.337 e. The summed E-state index contributed by atoms with van der Waals surface area (Å²) < 4.78 is 4.70. The molecule has 26 heavy (non-hydrogen) atoms. The number of aromatic nitrogens is 3. The number of hydrogen-bond donors (Lipinski definition) is 2.